The molecule has 0 radical (unpaired) electrons. The van der Waals surface area contributed by atoms with E-state index in [0.717, 1.165) is 19.3 Å². The highest BCUT2D eigenvalue weighted by Gasteiger charge is 2.15. The molecular formula is C14H21NO4. The summed E-state index contributed by atoms with van der Waals surface area (Å²) in [4.78, 5) is 12.0. The highest BCUT2D eigenvalue weighted by atomic mass is 16.5. The van der Waals surface area contributed by atoms with Crippen molar-refractivity contribution in [1.82, 2.24) is 5.32 Å². The van der Waals surface area contributed by atoms with Crippen molar-refractivity contribution in [2.24, 2.45) is 0 Å². The number of rotatable bonds is 8. The van der Waals surface area contributed by atoms with E-state index in [0.29, 0.717) is 23.6 Å². The smallest absolute Gasteiger partial charge is 0.255 e. The van der Waals surface area contributed by atoms with E-state index in [2.05, 4.69) is 5.32 Å². The normalized spacial score (nSPS) is 10.1. The van der Waals surface area contributed by atoms with Gasteiger partial charge in [0.25, 0.3) is 5.91 Å². The number of hydrogen-bond donors (Lipinski definition) is 2. The average molecular weight is 267 g/mol. The van der Waals surface area contributed by atoms with Crippen molar-refractivity contribution in [1.29, 1.82) is 0 Å². The summed E-state index contributed by atoms with van der Waals surface area (Å²) in [6.45, 7) is 0.775. The molecule has 0 fully saturated rings. The topological polar surface area (TPSA) is 67.8 Å². The van der Waals surface area contributed by atoms with Crippen LogP contribution in [-0.4, -0.2) is 38.4 Å². The summed E-state index contributed by atoms with van der Waals surface area (Å²) in [6.07, 6.45) is 2.50. The SMILES string of the molecule is COc1cccc(C(=O)NCCCCCO)c1OC. The van der Waals surface area contributed by atoms with Gasteiger partial charge >= 0.3 is 0 Å². The second-order valence-corrected chi connectivity index (χ2v) is 4.08. The van der Waals surface area contributed by atoms with Gasteiger partial charge in [-0.25, -0.2) is 0 Å². The molecule has 0 aromatic heterocycles. The van der Waals surface area contributed by atoms with Crippen LogP contribution in [0.5, 0.6) is 11.5 Å². The molecule has 0 aliphatic rings. The molecule has 0 spiro atoms. The van der Waals surface area contributed by atoms with Crippen LogP contribution in [0.1, 0.15) is 29.6 Å². The molecule has 0 atom stereocenters. The predicted octanol–water partition coefficient (Wildman–Crippen LogP) is 1.60. The molecule has 2 N–H and O–H groups in total. The van der Waals surface area contributed by atoms with E-state index in [9.17, 15) is 4.79 Å². The Bertz CT molecular complexity index is 406. The number of carbonyl (C=O) groups is 1. The van der Waals surface area contributed by atoms with Gasteiger partial charge in [-0.3, -0.25) is 4.79 Å². The number of amides is 1. The van der Waals surface area contributed by atoms with Gasteiger partial charge in [0.05, 0.1) is 19.8 Å². The Balaban J connectivity index is 2.61. The number of nitrogens with one attached hydrogen (secondary N) is 1. The van der Waals surface area contributed by atoms with Gasteiger partial charge in [0.1, 0.15) is 0 Å². The van der Waals surface area contributed by atoms with Crippen molar-refractivity contribution >= 4 is 5.91 Å². The second kappa shape index (κ2) is 8.37. The van der Waals surface area contributed by atoms with E-state index in [1.165, 1.54) is 14.2 Å². The molecule has 0 saturated heterocycles. The fraction of sp³-hybridized carbons (Fsp3) is 0.500. The molecule has 19 heavy (non-hydrogen) atoms. The van der Waals surface area contributed by atoms with Gasteiger partial charge < -0.3 is 19.9 Å². The molecule has 0 aliphatic carbocycles. The zero-order chi connectivity index (χ0) is 14.1. The number of methoxy groups -OCH3 is 2. The van der Waals surface area contributed by atoms with Crippen LogP contribution in [0.2, 0.25) is 0 Å². The second-order valence-electron chi connectivity index (χ2n) is 4.08. The van der Waals surface area contributed by atoms with Crippen LogP contribution in [0.4, 0.5) is 0 Å². The average Bonchev–Trinajstić information content (AvgIpc) is 2.45. The summed E-state index contributed by atoms with van der Waals surface area (Å²) in [6, 6.07) is 5.20. The van der Waals surface area contributed by atoms with E-state index >= 15 is 0 Å². The summed E-state index contributed by atoms with van der Waals surface area (Å²) in [7, 11) is 3.05. The molecule has 0 bridgehead atoms. The van der Waals surface area contributed by atoms with Crippen LogP contribution < -0.4 is 14.8 Å². The Labute approximate surface area is 113 Å². The van der Waals surface area contributed by atoms with Gasteiger partial charge in [0.15, 0.2) is 11.5 Å². The summed E-state index contributed by atoms with van der Waals surface area (Å²) >= 11 is 0. The van der Waals surface area contributed by atoms with Crippen LogP contribution >= 0.6 is 0 Å². The van der Waals surface area contributed by atoms with Crippen LogP contribution in [0, 0.1) is 0 Å². The van der Waals surface area contributed by atoms with Gasteiger partial charge in [-0.2, -0.15) is 0 Å². The first-order valence-electron chi connectivity index (χ1n) is 6.34. The lowest BCUT2D eigenvalue weighted by atomic mass is 10.1. The number of carbonyl (C=O) groups excluding carboxylic acids is 1. The van der Waals surface area contributed by atoms with Crippen LogP contribution in [0.3, 0.4) is 0 Å². The quantitative estimate of drug-likeness (QED) is 0.702. The van der Waals surface area contributed by atoms with Gasteiger partial charge in [0.2, 0.25) is 0 Å². The Morgan fingerprint density at radius 3 is 2.63 bits per heavy atom. The third-order valence-electron chi connectivity index (χ3n) is 2.77. The monoisotopic (exact) mass is 267 g/mol. The molecule has 1 amide bonds. The first-order valence-corrected chi connectivity index (χ1v) is 6.34. The number of hydrogen-bond acceptors (Lipinski definition) is 4. The van der Waals surface area contributed by atoms with Gasteiger partial charge in [-0.1, -0.05) is 6.07 Å². The maximum atomic E-state index is 12.0. The first-order chi connectivity index (χ1) is 9.24. The lowest BCUT2D eigenvalue weighted by Crippen LogP contribution is -2.25. The molecule has 1 aromatic rings. The summed E-state index contributed by atoms with van der Waals surface area (Å²) < 4.78 is 10.4. The molecule has 5 nitrogen and oxygen atoms in total. The van der Waals surface area contributed by atoms with E-state index in [-0.39, 0.29) is 12.5 Å². The zero-order valence-electron chi connectivity index (χ0n) is 11.4. The highest BCUT2D eigenvalue weighted by molar-refractivity contribution is 5.97. The summed E-state index contributed by atoms with van der Waals surface area (Å²) in [5.74, 6) is 0.799. The highest BCUT2D eigenvalue weighted by Crippen LogP contribution is 2.30. The van der Waals surface area contributed by atoms with Crippen molar-refractivity contribution in [3.8, 4) is 11.5 Å². The van der Waals surface area contributed by atoms with E-state index in [1.807, 2.05) is 0 Å². The number of unbranched alkanes of at least 4 members (excludes halogenated alkanes) is 2. The lowest BCUT2D eigenvalue weighted by Gasteiger charge is -2.12. The number of benzene rings is 1. The molecular weight excluding hydrogens is 246 g/mol. The molecule has 106 valence electrons. The first kappa shape index (κ1) is 15.3. The third-order valence-corrected chi connectivity index (χ3v) is 2.77. The summed E-state index contributed by atoms with van der Waals surface area (Å²) in [5, 5.41) is 11.5. The number of aliphatic hydroxyl groups is 1. The number of aliphatic hydroxyl groups excluding tert-OH is 1. The minimum atomic E-state index is -0.181. The molecule has 1 rings (SSSR count). The molecule has 0 aliphatic heterocycles. The van der Waals surface area contributed by atoms with Crippen molar-refractivity contribution in [2.45, 2.75) is 19.3 Å². The Morgan fingerprint density at radius 2 is 2.00 bits per heavy atom. The lowest BCUT2D eigenvalue weighted by molar-refractivity contribution is 0.0949. The minimum absolute atomic E-state index is 0.181. The van der Waals surface area contributed by atoms with Crippen molar-refractivity contribution in [3.63, 3.8) is 0 Å². The fourth-order valence-corrected chi connectivity index (χ4v) is 1.78. The maximum absolute atomic E-state index is 12.0. The van der Waals surface area contributed by atoms with E-state index in [4.69, 9.17) is 14.6 Å². The fourth-order valence-electron chi connectivity index (χ4n) is 1.78. The Morgan fingerprint density at radius 1 is 1.21 bits per heavy atom. The Hall–Kier alpha value is -1.75. The predicted molar refractivity (Wildman–Crippen MR) is 72.8 cm³/mol. The molecule has 5 heteroatoms. The molecule has 0 heterocycles. The maximum Gasteiger partial charge on any atom is 0.255 e. The van der Waals surface area contributed by atoms with Crippen LogP contribution in [0.25, 0.3) is 0 Å². The largest absolute Gasteiger partial charge is 0.493 e. The van der Waals surface area contributed by atoms with Gasteiger partial charge in [-0.05, 0) is 31.4 Å². The number of para-hydroxylation sites is 1. The van der Waals surface area contributed by atoms with Crippen LogP contribution in [0.15, 0.2) is 18.2 Å². The molecule has 1 aromatic carbocycles. The van der Waals surface area contributed by atoms with Crippen molar-refractivity contribution < 1.29 is 19.4 Å². The van der Waals surface area contributed by atoms with Gasteiger partial charge in [-0.15, -0.1) is 0 Å². The van der Waals surface area contributed by atoms with Gasteiger partial charge in [0, 0.05) is 13.2 Å². The summed E-state index contributed by atoms with van der Waals surface area (Å²) in [5.41, 5.74) is 0.462. The van der Waals surface area contributed by atoms with Crippen LogP contribution in [-0.2, 0) is 0 Å². The Kier molecular flexibility index (Phi) is 6.74. The standard InChI is InChI=1S/C14H21NO4/c1-18-12-8-6-7-11(13(12)19-2)14(17)15-9-4-3-5-10-16/h6-8,16H,3-5,9-10H2,1-2H3,(H,15,17). The van der Waals surface area contributed by atoms with E-state index in [1.54, 1.807) is 18.2 Å². The number of ether oxygens (including phenoxy) is 2. The molecule has 0 unspecified atom stereocenters. The zero-order valence-corrected chi connectivity index (χ0v) is 11.4. The third kappa shape index (κ3) is 4.44. The van der Waals surface area contributed by atoms with Crippen molar-refractivity contribution in [3.05, 3.63) is 23.8 Å². The molecule has 0 saturated carbocycles. The van der Waals surface area contributed by atoms with E-state index < -0.39 is 0 Å². The minimum Gasteiger partial charge on any atom is -0.493 e. The van der Waals surface area contributed by atoms with Crippen molar-refractivity contribution in [2.75, 3.05) is 27.4 Å².